The molecule has 3 nitrogen and oxygen atoms in total. The maximum atomic E-state index is 9.61. The summed E-state index contributed by atoms with van der Waals surface area (Å²) in [5.41, 5.74) is 0.919. The Morgan fingerprint density at radius 1 is 1.41 bits per heavy atom. The smallest absolute Gasteiger partial charge is 0.119 e. The lowest BCUT2D eigenvalue weighted by Crippen LogP contribution is -2.39. The van der Waals surface area contributed by atoms with E-state index in [1.165, 1.54) is 6.42 Å². The van der Waals surface area contributed by atoms with Gasteiger partial charge >= 0.3 is 0 Å². The largest absolute Gasteiger partial charge is 0.497 e. The molecule has 2 atom stereocenters. The number of methoxy groups -OCH3 is 1. The number of anilines is 1. The zero-order valence-corrected chi connectivity index (χ0v) is 10.6. The first-order valence-electron chi connectivity index (χ1n) is 6.20. The van der Waals surface area contributed by atoms with Gasteiger partial charge in [-0.3, -0.25) is 0 Å². The Hall–Kier alpha value is -1.22. The van der Waals surface area contributed by atoms with Crippen molar-refractivity contribution in [1.29, 1.82) is 0 Å². The SMILES string of the molecule is COc1ccc(NC2(CO)CCC(C)C2)cc1. The van der Waals surface area contributed by atoms with Crippen LogP contribution in [-0.2, 0) is 0 Å². The van der Waals surface area contributed by atoms with Crippen LogP contribution in [0.3, 0.4) is 0 Å². The van der Waals surface area contributed by atoms with Gasteiger partial charge in [0.2, 0.25) is 0 Å². The molecular formula is C14H21NO2. The van der Waals surface area contributed by atoms with Gasteiger partial charge in [-0.05, 0) is 49.4 Å². The standard InChI is InChI=1S/C14H21NO2/c1-11-7-8-14(9-11,10-16)15-12-3-5-13(17-2)6-4-12/h3-6,11,15-16H,7-10H2,1-2H3. The third kappa shape index (κ3) is 2.72. The molecule has 0 aromatic heterocycles. The van der Waals surface area contributed by atoms with Crippen LogP contribution in [0.1, 0.15) is 26.2 Å². The Balaban J connectivity index is 2.07. The molecule has 3 heteroatoms. The van der Waals surface area contributed by atoms with Crippen LogP contribution in [0.15, 0.2) is 24.3 Å². The van der Waals surface area contributed by atoms with Gasteiger partial charge in [0.1, 0.15) is 5.75 Å². The number of aliphatic hydroxyl groups excluding tert-OH is 1. The van der Waals surface area contributed by atoms with Crippen molar-refractivity contribution in [3.05, 3.63) is 24.3 Å². The third-order valence-electron chi connectivity index (χ3n) is 3.66. The highest BCUT2D eigenvalue weighted by molar-refractivity contribution is 5.48. The lowest BCUT2D eigenvalue weighted by molar-refractivity contribution is 0.211. The van der Waals surface area contributed by atoms with Gasteiger partial charge in [-0.15, -0.1) is 0 Å². The molecule has 0 heterocycles. The summed E-state index contributed by atoms with van der Waals surface area (Å²) < 4.78 is 5.13. The lowest BCUT2D eigenvalue weighted by atomic mass is 9.97. The molecule has 0 aliphatic heterocycles. The Morgan fingerprint density at radius 2 is 2.12 bits per heavy atom. The summed E-state index contributed by atoms with van der Waals surface area (Å²) >= 11 is 0. The van der Waals surface area contributed by atoms with Gasteiger partial charge in [0.05, 0.1) is 19.3 Å². The Morgan fingerprint density at radius 3 is 2.59 bits per heavy atom. The minimum Gasteiger partial charge on any atom is -0.497 e. The minimum atomic E-state index is -0.131. The van der Waals surface area contributed by atoms with E-state index in [4.69, 9.17) is 4.74 Å². The van der Waals surface area contributed by atoms with Crippen molar-refractivity contribution in [2.75, 3.05) is 19.0 Å². The second-order valence-corrected chi connectivity index (χ2v) is 5.14. The van der Waals surface area contributed by atoms with E-state index in [-0.39, 0.29) is 12.1 Å². The Labute approximate surface area is 103 Å². The summed E-state index contributed by atoms with van der Waals surface area (Å²) in [6.07, 6.45) is 3.26. The minimum absolute atomic E-state index is 0.131. The van der Waals surface area contributed by atoms with Crippen molar-refractivity contribution in [3.63, 3.8) is 0 Å². The van der Waals surface area contributed by atoms with E-state index in [9.17, 15) is 5.11 Å². The van der Waals surface area contributed by atoms with Crippen LogP contribution >= 0.6 is 0 Å². The number of hydrogen-bond donors (Lipinski definition) is 2. The Kier molecular flexibility index (Phi) is 3.57. The van der Waals surface area contributed by atoms with E-state index < -0.39 is 0 Å². The van der Waals surface area contributed by atoms with Crippen LogP contribution in [-0.4, -0.2) is 24.4 Å². The average molecular weight is 235 g/mol. The fraction of sp³-hybridized carbons (Fsp3) is 0.571. The zero-order chi connectivity index (χ0) is 12.3. The fourth-order valence-corrected chi connectivity index (χ4v) is 2.67. The molecule has 0 amide bonds. The van der Waals surface area contributed by atoms with Crippen molar-refractivity contribution in [2.24, 2.45) is 5.92 Å². The van der Waals surface area contributed by atoms with Crippen LogP contribution in [0.25, 0.3) is 0 Å². The van der Waals surface area contributed by atoms with Gasteiger partial charge in [0, 0.05) is 5.69 Å². The van der Waals surface area contributed by atoms with Crippen molar-refractivity contribution >= 4 is 5.69 Å². The van der Waals surface area contributed by atoms with E-state index in [1.807, 2.05) is 24.3 Å². The molecule has 2 N–H and O–H groups in total. The molecule has 94 valence electrons. The van der Waals surface area contributed by atoms with Gasteiger partial charge < -0.3 is 15.2 Å². The Bertz CT molecular complexity index is 363. The maximum absolute atomic E-state index is 9.61. The lowest BCUT2D eigenvalue weighted by Gasteiger charge is -2.29. The molecular weight excluding hydrogens is 214 g/mol. The summed E-state index contributed by atoms with van der Waals surface area (Å²) in [6.45, 7) is 2.44. The number of rotatable bonds is 4. The molecule has 1 fully saturated rings. The summed E-state index contributed by atoms with van der Waals surface area (Å²) in [6, 6.07) is 7.87. The summed E-state index contributed by atoms with van der Waals surface area (Å²) in [5, 5.41) is 13.1. The first-order chi connectivity index (χ1) is 8.17. The van der Waals surface area contributed by atoms with Gasteiger partial charge in [-0.25, -0.2) is 0 Å². The quantitative estimate of drug-likeness (QED) is 0.843. The number of nitrogens with one attached hydrogen (secondary N) is 1. The summed E-state index contributed by atoms with van der Waals surface area (Å²) in [5.74, 6) is 1.54. The summed E-state index contributed by atoms with van der Waals surface area (Å²) in [4.78, 5) is 0. The average Bonchev–Trinajstić information content (AvgIpc) is 2.72. The van der Waals surface area contributed by atoms with Crippen LogP contribution < -0.4 is 10.1 Å². The number of aliphatic hydroxyl groups is 1. The van der Waals surface area contributed by atoms with Crippen molar-refractivity contribution < 1.29 is 9.84 Å². The highest BCUT2D eigenvalue weighted by atomic mass is 16.5. The van der Waals surface area contributed by atoms with Gasteiger partial charge in [-0.2, -0.15) is 0 Å². The number of ether oxygens (including phenoxy) is 1. The summed E-state index contributed by atoms with van der Waals surface area (Å²) in [7, 11) is 1.66. The van der Waals surface area contributed by atoms with Crippen molar-refractivity contribution in [1.82, 2.24) is 0 Å². The highest BCUT2D eigenvalue weighted by Gasteiger charge is 2.36. The molecule has 1 aliphatic carbocycles. The van der Waals surface area contributed by atoms with E-state index >= 15 is 0 Å². The van der Waals surface area contributed by atoms with E-state index in [0.29, 0.717) is 5.92 Å². The highest BCUT2D eigenvalue weighted by Crippen LogP contribution is 2.36. The zero-order valence-electron chi connectivity index (χ0n) is 10.6. The predicted molar refractivity (Wildman–Crippen MR) is 69.4 cm³/mol. The first kappa shape index (κ1) is 12.2. The molecule has 17 heavy (non-hydrogen) atoms. The number of benzene rings is 1. The van der Waals surface area contributed by atoms with Crippen LogP contribution in [0.4, 0.5) is 5.69 Å². The van der Waals surface area contributed by atoms with Crippen LogP contribution in [0.5, 0.6) is 5.75 Å². The van der Waals surface area contributed by atoms with Crippen molar-refractivity contribution in [3.8, 4) is 5.75 Å². The first-order valence-corrected chi connectivity index (χ1v) is 6.20. The molecule has 1 aliphatic rings. The van der Waals surface area contributed by atoms with Gasteiger partial charge in [-0.1, -0.05) is 6.92 Å². The van der Waals surface area contributed by atoms with Gasteiger partial charge in [0.25, 0.3) is 0 Å². The van der Waals surface area contributed by atoms with Gasteiger partial charge in [0.15, 0.2) is 0 Å². The predicted octanol–water partition coefficient (Wildman–Crippen LogP) is 2.66. The van der Waals surface area contributed by atoms with E-state index in [0.717, 1.165) is 24.3 Å². The molecule has 0 bridgehead atoms. The molecule has 0 spiro atoms. The van der Waals surface area contributed by atoms with Crippen LogP contribution in [0.2, 0.25) is 0 Å². The second kappa shape index (κ2) is 4.96. The number of hydrogen-bond acceptors (Lipinski definition) is 3. The normalized spacial score (nSPS) is 28.1. The molecule has 1 saturated carbocycles. The van der Waals surface area contributed by atoms with Crippen molar-refractivity contribution in [2.45, 2.75) is 31.7 Å². The van der Waals surface area contributed by atoms with Crippen LogP contribution in [0, 0.1) is 5.92 Å². The second-order valence-electron chi connectivity index (χ2n) is 5.14. The molecule has 0 saturated heterocycles. The maximum Gasteiger partial charge on any atom is 0.119 e. The van der Waals surface area contributed by atoms with E-state index in [2.05, 4.69) is 12.2 Å². The molecule has 2 unspecified atom stereocenters. The molecule has 0 radical (unpaired) electrons. The molecule has 2 rings (SSSR count). The van der Waals surface area contributed by atoms with E-state index in [1.54, 1.807) is 7.11 Å². The molecule has 1 aromatic rings. The topological polar surface area (TPSA) is 41.5 Å². The molecule has 1 aromatic carbocycles. The monoisotopic (exact) mass is 235 g/mol. The fourth-order valence-electron chi connectivity index (χ4n) is 2.67. The third-order valence-corrected chi connectivity index (χ3v) is 3.66.